The number of carbonyl (C=O) groups is 1. The molecular formula is C17H20N4O3. The van der Waals surface area contributed by atoms with E-state index in [9.17, 15) is 4.79 Å². The van der Waals surface area contributed by atoms with Gasteiger partial charge < -0.3 is 19.4 Å². The molecule has 0 aliphatic carbocycles. The number of aromatic nitrogens is 2. The molecule has 0 saturated carbocycles. The third-order valence-corrected chi connectivity index (χ3v) is 4.61. The first-order valence-corrected chi connectivity index (χ1v) is 8.11. The maximum Gasteiger partial charge on any atom is 0.237 e. The zero-order chi connectivity index (χ0) is 16.5. The van der Waals surface area contributed by atoms with Gasteiger partial charge in [-0.3, -0.25) is 9.69 Å². The van der Waals surface area contributed by atoms with Gasteiger partial charge in [0.15, 0.2) is 11.5 Å². The maximum atomic E-state index is 12.5. The molecule has 2 aromatic rings. The summed E-state index contributed by atoms with van der Waals surface area (Å²) in [6.07, 6.45) is 3.79. The van der Waals surface area contributed by atoms with Crippen LogP contribution in [0, 0.1) is 0 Å². The van der Waals surface area contributed by atoms with Crippen molar-refractivity contribution in [3.05, 3.63) is 42.0 Å². The van der Waals surface area contributed by atoms with E-state index in [2.05, 4.69) is 19.8 Å². The van der Waals surface area contributed by atoms with Gasteiger partial charge in [-0.05, 0) is 24.6 Å². The van der Waals surface area contributed by atoms with Crippen LogP contribution in [0.5, 0.6) is 11.5 Å². The first-order valence-electron chi connectivity index (χ1n) is 8.11. The van der Waals surface area contributed by atoms with Gasteiger partial charge in [0.25, 0.3) is 0 Å². The van der Waals surface area contributed by atoms with E-state index < -0.39 is 0 Å². The van der Waals surface area contributed by atoms with E-state index in [1.54, 1.807) is 0 Å². The Morgan fingerprint density at radius 2 is 2.21 bits per heavy atom. The van der Waals surface area contributed by atoms with Crippen LogP contribution in [0.2, 0.25) is 0 Å². The minimum Gasteiger partial charge on any atom is -0.454 e. The highest BCUT2D eigenvalue weighted by Gasteiger charge is 2.25. The Hall–Kier alpha value is -2.54. The Labute approximate surface area is 140 Å². The molecule has 0 fully saturated rings. The third kappa shape index (κ3) is 2.82. The van der Waals surface area contributed by atoms with Gasteiger partial charge in [0.2, 0.25) is 12.7 Å². The van der Waals surface area contributed by atoms with Gasteiger partial charge in [-0.25, -0.2) is 4.98 Å². The van der Waals surface area contributed by atoms with Crippen molar-refractivity contribution in [1.82, 2.24) is 19.8 Å². The predicted molar refractivity (Wildman–Crippen MR) is 86.5 cm³/mol. The Morgan fingerprint density at radius 1 is 1.33 bits per heavy atom. The zero-order valence-corrected chi connectivity index (χ0v) is 13.6. The molecule has 0 saturated heterocycles. The SMILES string of the molecule is C[C@@H](C(=O)NCc1ccc2c(c1)OCO2)N1CCn2ccnc2C1. The molecule has 1 amide bonds. The molecule has 2 aliphatic rings. The lowest BCUT2D eigenvalue weighted by atomic mass is 10.2. The third-order valence-electron chi connectivity index (χ3n) is 4.61. The molecule has 1 N–H and O–H groups in total. The monoisotopic (exact) mass is 328 g/mol. The standard InChI is InChI=1S/C17H20N4O3/c1-12(21-7-6-20-5-4-18-16(20)10-21)17(22)19-9-13-2-3-14-15(8-13)24-11-23-14/h2-5,8,12H,6-7,9-11H2,1H3,(H,19,22)/t12-/m0/s1. The van der Waals surface area contributed by atoms with Crippen LogP contribution in [-0.4, -0.2) is 39.7 Å². The van der Waals surface area contributed by atoms with Crippen LogP contribution in [0.15, 0.2) is 30.6 Å². The molecule has 0 unspecified atom stereocenters. The van der Waals surface area contributed by atoms with Crippen LogP contribution >= 0.6 is 0 Å². The second kappa shape index (κ2) is 6.16. The molecule has 126 valence electrons. The number of carbonyl (C=O) groups excluding carboxylic acids is 1. The average Bonchev–Trinajstić information content (AvgIpc) is 3.26. The first kappa shape index (κ1) is 15.0. The topological polar surface area (TPSA) is 68.6 Å². The number of hydrogen-bond donors (Lipinski definition) is 1. The van der Waals surface area contributed by atoms with Gasteiger partial charge in [-0.15, -0.1) is 0 Å². The van der Waals surface area contributed by atoms with Crippen LogP contribution in [0.4, 0.5) is 0 Å². The molecule has 1 atom stereocenters. The van der Waals surface area contributed by atoms with Gasteiger partial charge in [0.05, 0.1) is 12.6 Å². The summed E-state index contributed by atoms with van der Waals surface area (Å²) in [5, 5.41) is 3.00. The molecule has 0 spiro atoms. The average molecular weight is 328 g/mol. The summed E-state index contributed by atoms with van der Waals surface area (Å²) in [6, 6.07) is 5.53. The maximum absolute atomic E-state index is 12.5. The van der Waals surface area contributed by atoms with Crippen LogP contribution in [0.3, 0.4) is 0 Å². The van der Waals surface area contributed by atoms with E-state index >= 15 is 0 Å². The second-order valence-corrected chi connectivity index (χ2v) is 6.09. The number of imidazole rings is 1. The van der Waals surface area contributed by atoms with E-state index in [0.717, 1.165) is 36.0 Å². The van der Waals surface area contributed by atoms with Crippen molar-refractivity contribution in [2.45, 2.75) is 32.6 Å². The van der Waals surface area contributed by atoms with Crippen molar-refractivity contribution in [2.75, 3.05) is 13.3 Å². The Morgan fingerprint density at radius 3 is 3.12 bits per heavy atom. The summed E-state index contributed by atoms with van der Waals surface area (Å²) in [4.78, 5) is 19.0. The zero-order valence-electron chi connectivity index (χ0n) is 13.6. The largest absolute Gasteiger partial charge is 0.454 e. The molecule has 1 aromatic carbocycles. The fourth-order valence-corrected chi connectivity index (χ4v) is 3.08. The Balaban J connectivity index is 1.34. The number of rotatable bonds is 4. The molecule has 7 nitrogen and oxygen atoms in total. The molecule has 2 aliphatic heterocycles. The molecule has 3 heterocycles. The Bertz CT molecular complexity index is 758. The van der Waals surface area contributed by atoms with Crippen LogP contribution in [0.1, 0.15) is 18.3 Å². The van der Waals surface area contributed by atoms with Gasteiger partial charge in [0, 0.05) is 32.0 Å². The number of benzene rings is 1. The molecule has 0 bridgehead atoms. The second-order valence-electron chi connectivity index (χ2n) is 6.09. The first-order chi connectivity index (χ1) is 11.7. The molecule has 1 aromatic heterocycles. The minimum absolute atomic E-state index is 0.0210. The summed E-state index contributed by atoms with van der Waals surface area (Å²) in [5.74, 6) is 2.52. The van der Waals surface area contributed by atoms with Crippen molar-refractivity contribution in [3.8, 4) is 11.5 Å². The van der Waals surface area contributed by atoms with Gasteiger partial charge in [-0.1, -0.05) is 6.07 Å². The number of fused-ring (bicyclic) bond motifs is 2. The van der Waals surface area contributed by atoms with E-state index in [1.807, 2.05) is 37.5 Å². The molecule has 7 heteroatoms. The van der Waals surface area contributed by atoms with E-state index in [-0.39, 0.29) is 18.7 Å². The lowest BCUT2D eigenvalue weighted by Gasteiger charge is -2.31. The molecule has 0 radical (unpaired) electrons. The predicted octanol–water partition coefficient (Wildman–Crippen LogP) is 1.13. The summed E-state index contributed by atoms with van der Waals surface area (Å²) in [7, 11) is 0. The Kier molecular flexibility index (Phi) is 3.86. The summed E-state index contributed by atoms with van der Waals surface area (Å²) in [6.45, 7) is 5.09. The number of ether oxygens (including phenoxy) is 2. The highest BCUT2D eigenvalue weighted by atomic mass is 16.7. The van der Waals surface area contributed by atoms with Gasteiger partial charge in [0.1, 0.15) is 5.82 Å². The number of hydrogen-bond acceptors (Lipinski definition) is 5. The summed E-state index contributed by atoms with van der Waals surface area (Å²) >= 11 is 0. The van der Waals surface area contributed by atoms with Crippen molar-refractivity contribution in [3.63, 3.8) is 0 Å². The van der Waals surface area contributed by atoms with Gasteiger partial charge >= 0.3 is 0 Å². The molecule has 24 heavy (non-hydrogen) atoms. The van der Waals surface area contributed by atoms with Crippen molar-refractivity contribution >= 4 is 5.91 Å². The fourth-order valence-electron chi connectivity index (χ4n) is 3.08. The number of nitrogens with zero attached hydrogens (tertiary/aromatic N) is 3. The van der Waals surface area contributed by atoms with E-state index in [1.165, 1.54) is 0 Å². The normalized spacial score (nSPS) is 17.4. The lowest BCUT2D eigenvalue weighted by molar-refractivity contribution is -0.126. The van der Waals surface area contributed by atoms with Crippen molar-refractivity contribution in [2.24, 2.45) is 0 Å². The summed E-state index contributed by atoms with van der Waals surface area (Å²) in [5.41, 5.74) is 0.994. The van der Waals surface area contributed by atoms with Crippen molar-refractivity contribution in [1.29, 1.82) is 0 Å². The smallest absolute Gasteiger partial charge is 0.237 e. The number of amides is 1. The summed E-state index contributed by atoms with van der Waals surface area (Å²) < 4.78 is 12.8. The lowest BCUT2D eigenvalue weighted by Crippen LogP contribution is -2.47. The quantitative estimate of drug-likeness (QED) is 0.911. The van der Waals surface area contributed by atoms with Crippen LogP contribution in [0.25, 0.3) is 0 Å². The highest BCUT2D eigenvalue weighted by molar-refractivity contribution is 5.81. The fraction of sp³-hybridized carbons (Fsp3) is 0.412. The van der Waals surface area contributed by atoms with E-state index in [0.29, 0.717) is 13.1 Å². The van der Waals surface area contributed by atoms with Gasteiger partial charge in [-0.2, -0.15) is 0 Å². The van der Waals surface area contributed by atoms with Crippen molar-refractivity contribution < 1.29 is 14.3 Å². The minimum atomic E-state index is -0.190. The van der Waals surface area contributed by atoms with Crippen LogP contribution < -0.4 is 14.8 Å². The highest BCUT2D eigenvalue weighted by Crippen LogP contribution is 2.32. The number of nitrogens with one attached hydrogen (secondary N) is 1. The van der Waals surface area contributed by atoms with E-state index in [4.69, 9.17) is 9.47 Å². The molecule has 4 rings (SSSR count). The molecular weight excluding hydrogens is 308 g/mol. The van der Waals surface area contributed by atoms with Crippen LogP contribution in [-0.2, 0) is 24.4 Å².